The van der Waals surface area contributed by atoms with Crippen LogP contribution in [0.3, 0.4) is 0 Å². The average molecular weight is 365 g/mol. The fraction of sp³-hybridized carbons (Fsp3) is 0.154. The van der Waals surface area contributed by atoms with Crippen molar-refractivity contribution in [1.82, 2.24) is 0 Å². The first kappa shape index (κ1) is 16.9. The van der Waals surface area contributed by atoms with Gasteiger partial charge in [0.2, 0.25) is 0 Å². The third-order valence-electron chi connectivity index (χ3n) is 5.40. The Morgan fingerprint density at radius 2 is 1.39 bits per heavy atom. The van der Waals surface area contributed by atoms with Crippen molar-refractivity contribution in [1.29, 1.82) is 0 Å². The molecule has 0 saturated heterocycles. The van der Waals surface area contributed by atoms with Crippen LogP contribution in [0.4, 0.5) is 11.4 Å². The summed E-state index contributed by atoms with van der Waals surface area (Å²) in [5, 5.41) is 5.92. The molecule has 0 atom stereocenters. The molecule has 5 rings (SSSR count). The van der Waals surface area contributed by atoms with Crippen LogP contribution in [-0.4, -0.2) is 0 Å². The van der Waals surface area contributed by atoms with Crippen LogP contribution in [-0.2, 0) is 5.41 Å². The van der Waals surface area contributed by atoms with E-state index in [0.717, 1.165) is 28.4 Å². The van der Waals surface area contributed by atoms with Gasteiger partial charge in [0, 0.05) is 22.3 Å². The van der Waals surface area contributed by atoms with Crippen molar-refractivity contribution in [2.24, 2.45) is 0 Å². The number of nitrogens with one attached hydrogen (secondary N) is 1. The van der Waals surface area contributed by atoms with Crippen LogP contribution < -0.4 is 10.1 Å². The van der Waals surface area contributed by atoms with E-state index in [0.29, 0.717) is 0 Å². The highest BCUT2D eigenvalue weighted by Gasteiger charge is 2.20. The summed E-state index contributed by atoms with van der Waals surface area (Å²) in [6.07, 6.45) is 0. The number of hydrogen-bond acceptors (Lipinski definition) is 2. The Bertz CT molecular complexity index is 1180. The van der Waals surface area contributed by atoms with Crippen molar-refractivity contribution in [2.45, 2.75) is 26.2 Å². The van der Waals surface area contributed by atoms with Gasteiger partial charge in [-0.05, 0) is 58.3 Å². The van der Waals surface area contributed by atoms with Crippen LogP contribution in [0.2, 0.25) is 0 Å². The number of ether oxygens (including phenoxy) is 1. The summed E-state index contributed by atoms with van der Waals surface area (Å²) in [6, 6.07) is 27.6. The van der Waals surface area contributed by atoms with Crippen LogP contribution in [0.1, 0.15) is 26.3 Å². The van der Waals surface area contributed by atoms with Gasteiger partial charge >= 0.3 is 0 Å². The van der Waals surface area contributed by atoms with Crippen LogP contribution in [0.25, 0.3) is 21.9 Å². The van der Waals surface area contributed by atoms with Crippen molar-refractivity contribution in [2.75, 3.05) is 5.32 Å². The fourth-order valence-electron chi connectivity index (χ4n) is 3.86. The predicted octanol–water partition coefficient (Wildman–Crippen LogP) is 7.65. The van der Waals surface area contributed by atoms with Gasteiger partial charge in [-0.2, -0.15) is 0 Å². The van der Waals surface area contributed by atoms with Crippen molar-refractivity contribution in [3.05, 3.63) is 84.4 Å². The molecule has 1 heterocycles. The number of anilines is 2. The second-order valence-electron chi connectivity index (χ2n) is 8.43. The molecular weight excluding hydrogens is 342 g/mol. The van der Waals surface area contributed by atoms with Gasteiger partial charge in [-0.3, -0.25) is 0 Å². The number of hydrogen-bond donors (Lipinski definition) is 1. The molecule has 0 radical (unpaired) electrons. The first-order valence-corrected chi connectivity index (χ1v) is 9.71. The maximum absolute atomic E-state index is 6.18. The van der Waals surface area contributed by atoms with Gasteiger partial charge < -0.3 is 10.1 Å². The average Bonchev–Trinajstić information content (AvgIpc) is 2.69. The fourth-order valence-corrected chi connectivity index (χ4v) is 3.86. The lowest BCUT2D eigenvalue weighted by molar-refractivity contribution is 0.487. The standard InChI is InChI=1S/C26H23NO/c1-26(2,3)18-10-12-19(13-11-18)27-20-14-15-23-22(16-20)21-8-4-6-17-7-5-9-24(28-23)25(17)21/h4-16,27H,1-3H3. The van der Waals surface area contributed by atoms with E-state index >= 15 is 0 Å². The van der Waals surface area contributed by atoms with E-state index in [4.69, 9.17) is 4.74 Å². The second-order valence-corrected chi connectivity index (χ2v) is 8.43. The molecule has 0 bridgehead atoms. The Balaban J connectivity index is 1.52. The maximum Gasteiger partial charge on any atom is 0.135 e. The Labute approximate surface area is 165 Å². The smallest absolute Gasteiger partial charge is 0.135 e. The molecule has 1 N–H and O–H groups in total. The molecule has 4 aromatic carbocycles. The minimum atomic E-state index is 0.160. The lowest BCUT2D eigenvalue weighted by atomic mass is 9.87. The van der Waals surface area contributed by atoms with Crippen molar-refractivity contribution in [3.63, 3.8) is 0 Å². The van der Waals surface area contributed by atoms with Gasteiger partial charge in [0.1, 0.15) is 11.5 Å². The molecule has 0 spiro atoms. The molecule has 28 heavy (non-hydrogen) atoms. The predicted molar refractivity (Wildman–Crippen MR) is 118 cm³/mol. The van der Waals surface area contributed by atoms with Gasteiger partial charge in [0.05, 0.1) is 0 Å². The van der Waals surface area contributed by atoms with Gasteiger partial charge in [-0.15, -0.1) is 0 Å². The molecule has 0 fully saturated rings. The summed E-state index contributed by atoms with van der Waals surface area (Å²) < 4.78 is 6.18. The molecule has 1 aliphatic heterocycles. The Morgan fingerprint density at radius 3 is 2.14 bits per heavy atom. The lowest BCUT2D eigenvalue weighted by Crippen LogP contribution is -2.10. The molecule has 2 heteroatoms. The van der Waals surface area contributed by atoms with E-state index in [2.05, 4.69) is 92.8 Å². The molecule has 0 saturated carbocycles. The Kier molecular flexibility index (Phi) is 3.70. The Hall–Kier alpha value is -3.26. The number of rotatable bonds is 2. The molecule has 138 valence electrons. The molecular formula is C26H23NO. The zero-order valence-corrected chi connectivity index (χ0v) is 16.4. The lowest BCUT2D eigenvalue weighted by Gasteiger charge is -2.22. The SMILES string of the molecule is CC(C)(C)c1ccc(Nc2ccc3c(c2)-c2cccc4cccc(c24)O3)cc1. The third-order valence-corrected chi connectivity index (χ3v) is 5.40. The van der Waals surface area contributed by atoms with Crippen molar-refractivity contribution < 1.29 is 4.74 Å². The summed E-state index contributed by atoms with van der Waals surface area (Å²) in [5.41, 5.74) is 5.99. The van der Waals surface area contributed by atoms with Gasteiger partial charge in [-0.1, -0.05) is 63.2 Å². The van der Waals surface area contributed by atoms with E-state index in [1.807, 2.05) is 12.1 Å². The monoisotopic (exact) mass is 365 g/mol. The molecule has 2 nitrogen and oxygen atoms in total. The number of benzene rings is 4. The topological polar surface area (TPSA) is 21.3 Å². The van der Waals surface area contributed by atoms with Crippen molar-refractivity contribution >= 4 is 22.1 Å². The molecule has 0 aliphatic carbocycles. The van der Waals surface area contributed by atoms with E-state index in [1.54, 1.807) is 0 Å². The second kappa shape index (κ2) is 6.13. The van der Waals surface area contributed by atoms with Gasteiger partial charge in [0.15, 0.2) is 0 Å². The van der Waals surface area contributed by atoms with Crippen LogP contribution in [0.5, 0.6) is 11.5 Å². The first-order chi connectivity index (χ1) is 13.5. The van der Waals surface area contributed by atoms with Crippen LogP contribution in [0.15, 0.2) is 78.9 Å². The summed E-state index contributed by atoms with van der Waals surface area (Å²) >= 11 is 0. The first-order valence-electron chi connectivity index (χ1n) is 9.71. The summed E-state index contributed by atoms with van der Waals surface area (Å²) in [5.74, 6) is 1.83. The van der Waals surface area contributed by atoms with Crippen LogP contribution in [0, 0.1) is 0 Å². The molecule has 4 aromatic rings. The molecule has 0 unspecified atom stereocenters. The largest absolute Gasteiger partial charge is 0.456 e. The third kappa shape index (κ3) is 2.82. The molecule has 1 aliphatic rings. The van der Waals surface area contributed by atoms with E-state index < -0.39 is 0 Å². The normalized spacial score (nSPS) is 12.4. The van der Waals surface area contributed by atoms with E-state index in [1.165, 1.54) is 21.9 Å². The number of fused-ring (bicyclic) bond motifs is 2. The zero-order chi connectivity index (χ0) is 19.3. The maximum atomic E-state index is 6.18. The molecule has 0 aromatic heterocycles. The minimum Gasteiger partial charge on any atom is -0.456 e. The zero-order valence-electron chi connectivity index (χ0n) is 16.4. The van der Waals surface area contributed by atoms with E-state index in [-0.39, 0.29) is 5.41 Å². The summed E-state index contributed by atoms with van der Waals surface area (Å²) in [7, 11) is 0. The van der Waals surface area contributed by atoms with Gasteiger partial charge in [-0.25, -0.2) is 0 Å². The molecule has 0 amide bonds. The summed E-state index contributed by atoms with van der Waals surface area (Å²) in [6.45, 7) is 6.70. The van der Waals surface area contributed by atoms with E-state index in [9.17, 15) is 0 Å². The van der Waals surface area contributed by atoms with Crippen molar-refractivity contribution in [3.8, 4) is 22.6 Å². The minimum absolute atomic E-state index is 0.160. The highest BCUT2D eigenvalue weighted by Crippen LogP contribution is 2.47. The van der Waals surface area contributed by atoms with Gasteiger partial charge in [0.25, 0.3) is 0 Å². The highest BCUT2D eigenvalue weighted by molar-refractivity contribution is 6.04. The Morgan fingerprint density at radius 1 is 0.679 bits per heavy atom. The highest BCUT2D eigenvalue weighted by atomic mass is 16.5. The summed E-state index contributed by atoms with van der Waals surface area (Å²) in [4.78, 5) is 0. The van der Waals surface area contributed by atoms with Crippen LogP contribution >= 0.6 is 0 Å². The quantitative estimate of drug-likeness (QED) is 0.347.